The van der Waals surface area contributed by atoms with E-state index in [2.05, 4.69) is 30.1 Å². The summed E-state index contributed by atoms with van der Waals surface area (Å²) in [5.74, 6) is 1.20. The van der Waals surface area contributed by atoms with Crippen molar-refractivity contribution >= 4 is 5.91 Å². The summed E-state index contributed by atoms with van der Waals surface area (Å²) in [6.07, 6.45) is 2.74. The maximum Gasteiger partial charge on any atom is 0.257 e. The number of ether oxygens (including phenoxy) is 1. The normalized spacial score (nSPS) is 17.7. The summed E-state index contributed by atoms with van der Waals surface area (Å²) in [6, 6.07) is 9.83. The number of carbonyl (C=O) groups excluding carboxylic acids is 1. The number of benzene rings is 1. The van der Waals surface area contributed by atoms with Gasteiger partial charge in [0.25, 0.3) is 5.91 Å². The van der Waals surface area contributed by atoms with Gasteiger partial charge in [0.05, 0.1) is 12.5 Å². The van der Waals surface area contributed by atoms with Gasteiger partial charge >= 0.3 is 0 Å². The van der Waals surface area contributed by atoms with Gasteiger partial charge in [-0.1, -0.05) is 26.0 Å². The van der Waals surface area contributed by atoms with E-state index in [1.807, 2.05) is 12.1 Å². The Morgan fingerprint density at radius 3 is 2.83 bits per heavy atom. The molecule has 0 unspecified atom stereocenters. The van der Waals surface area contributed by atoms with E-state index in [1.54, 1.807) is 12.1 Å². The fourth-order valence-electron chi connectivity index (χ4n) is 3.06. The van der Waals surface area contributed by atoms with Crippen molar-refractivity contribution in [3.8, 4) is 11.8 Å². The third-order valence-corrected chi connectivity index (χ3v) is 4.21. The van der Waals surface area contributed by atoms with Crippen LogP contribution in [0.3, 0.4) is 0 Å². The molecule has 0 saturated carbocycles. The molecule has 24 heavy (non-hydrogen) atoms. The van der Waals surface area contributed by atoms with E-state index >= 15 is 0 Å². The van der Waals surface area contributed by atoms with E-state index in [9.17, 15) is 4.79 Å². The molecule has 1 aliphatic heterocycles. The number of amides is 1. The van der Waals surface area contributed by atoms with Gasteiger partial charge in [0.2, 0.25) is 0 Å². The Morgan fingerprint density at radius 1 is 1.42 bits per heavy atom. The number of likely N-dealkylation sites (tertiary alicyclic amines) is 1. The van der Waals surface area contributed by atoms with Crippen LogP contribution in [0.4, 0.5) is 0 Å². The average molecular weight is 329 g/mol. The van der Waals surface area contributed by atoms with Crippen molar-refractivity contribution in [1.82, 2.24) is 10.2 Å². The molecule has 1 N–H and O–H groups in total. The smallest absolute Gasteiger partial charge is 0.257 e. The third kappa shape index (κ3) is 5.86. The molecule has 2 rings (SSSR count). The summed E-state index contributed by atoms with van der Waals surface area (Å²) in [5, 5.41) is 11.6. The number of hydrogen-bond donors (Lipinski definition) is 1. The standard InChI is InChI=1S/C19H27N3O2/c1-15(2)13-22-11-3-4-17(22)12-21-19(23)14-24-18-7-5-16(6-8-18)9-10-20/h5-8,15,17H,3-4,9,11-14H2,1-2H3,(H,21,23)/t17-/m0/s1. The van der Waals surface area contributed by atoms with Gasteiger partial charge in [0, 0.05) is 19.1 Å². The summed E-state index contributed by atoms with van der Waals surface area (Å²) in [7, 11) is 0. The molecule has 1 aromatic rings. The zero-order chi connectivity index (χ0) is 17.4. The van der Waals surface area contributed by atoms with Crippen LogP contribution in [0.15, 0.2) is 24.3 Å². The molecule has 1 aliphatic rings. The maximum atomic E-state index is 12.0. The van der Waals surface area contributed by atoms with Gasteiger partial charge in [-0.25, -0.2) is 0 Å². The molecule has 0 aromatic heterocycles. The predicted molar refractivity (Wildman–Crippen MR) is 93.7 cm³/mol. The van der Waals surface area contributed by atoms with Crippen molar-refractivity contribution in [2.45, 2.75) is 39.2 Å². The van der Waals surface area contributed by atoms with Crippen LogP contribution in [0.1, 0.15) is 32.3 Å². The van der Waals surface area contributed by atoms with E-state index in [0.717, 1.165) is 25.1 Å². The molecule has 0 radical (unpaired) electrons. The first kappa shape index (κ1) is 18.3. The second kappa shape index (κ2) is 9.29. The summed E-state index contributed by atoms with van der Waals surface area (Å²) in [5.41, 5.74) is 0.945. The molecule has 5 heteroatoms. The fourth-order valence-corrected chi connectivity index (χ4v) is 3.06. The van der Waals surface area contributed by atoms with Gasteiger partial charge in [-0.2, -0.15) is 5.26 Å². The van der Waals surface area contributed by atoms with Crippen molar-refractivity contribution in [2.75, 3.05) is 26.2 Å². The van der Waals surface area contributed by atoms with Crippen LogP contribution < -0.4 is 10.1 Å². The van der Waals surface area contributed by atoms with Crippen LogP contribution in [0.5, 0.6) is 5.75 Å². The molecular weight excluding hydrogens is 302 g/mol. The highest BCUT2D eigenvalue weighted by Crippen LogP contribution is 2.18. The molecule has 1 aromatic carbocycles. The molecule has 1 atom stereocenters. The second-order valence-electron chi connectivity index (χ2n) is 6.76. The lowest BCUT2D eigenvalue weighted by Crippen LogP contribution is -2.42. The SMILES string of the molecule is CC(C)CN1CCC[C@H]1CNC(=O)COc1ccc(CC#N)cc1. The van der Waals surface area contributed by atoms with E-state index in [-0.39, 0.29) is 12.5 Å². The highest BCUT2D eigenvalue weighted by molar-refractivity contribution is 5.77. The predicted octanol–water partition coefficient (Wildman–Crippen LogP) is 2.37. The first-order valence-electron chi connectivity index (χ1n) is 8.68. The quantitative estimate of drug-likeness (QED) is 0.795. The van der Waals surface area contributed by atoms with Crippen LogP contribution in [0, 0.1) is 17.2 Å². The summed E-state index contributed by atoms with van der Waals surface area (Å²) >= 11 is 0. The largest absolute Gasteiger partial charge is 0.484 e. The van der Waals surface area contributed by atoms with Gasteiger partial charge in [0.1, 0.15) is 5.75 Å². The van der Waals surface area contributed by atoms with E-state index in [0.29, 0.717) is 30.7 Å². The molecule has 0 bridgehead atoms. The molecule has 1 fully saturated rings. The van der Waals surface area contributed by atoms with Crippen LogP contribution in [-0.4, -0.2) is 43.1 Å². The molecule has 1 heterocycles. The lowest BCUT2D eigenvalue weighted by molar-refractivity contribution is -0.123. The van der Waals surface area contributed by atoms with E-state index in [1.165, 1.54) is 6.42 Å². The number of hydrogen-bond acceptors (Lipinski definition) is 4. The lowest BCUT2D eigenvalue weighted by atomic mass is 10.1. The van der Waals surface area contributed by atoms with Crippen molar-refractivity contribution in [3.63, 3.8) is 0 Å². The van der Waals surface area contributed by atoms with Crippen molar-refractivity contribution in [2.24, 2.45) is 5.92 Å². The number of carbonyl (C=O) groups is 1. The monoisotopic (exact) mass is 329 g/mol. The number of nitrogens with one attached hydrogen (secondary N) is 1. The summed E-state index contributed by atoms with van der Waals surface area (Å²) in [4.78, 5) is 14.4. The zero-order valence-electron chi connectivity index (χ0n) is 14.6. The fraction of sp³-hybridized carbons (Fsp3) is 0.579. The topological polar surface area (TPSA) is 65.4 Å². The lowest BCUT2D eigenvalue weighted by Gasteiger charge is -2.26. The molecule has 5 nitrogen and oxygen atoms in total. The van der Waals surface area contributed by atoms with Gasteiger partial charge in [0.15, 0.2) is 6.61 Å². The molecule has 130 valence electrons. The van der Waals surface area contributed by atoms with Crippen LogP contribution >= 0.6 is 0 Å². The van der Waals surface area contributed by atoms with Gasteiger partial charge < -0.3 is 10.1 Å². The third-order valence-electron chi connectivity index (χ3n) is 4.21. The highest BCUT2D eigenvalue weighted by Gasteiger charge is 2.25. The van der Waals surface area contributed by atoms with E-state index in [4.69, 9.17) is 10.00 Å². The first-order chi connectivity index (χ1) is 11.6. The molecule has 1 amide bonds. The number of rotatable bonds is 8. The minimum atomic E-state index is -0.0903. The van der Waals surface area contributed by atoms with Crippen LogP contribution in [0.2, 0.25) is 0 Å². The van der Waals surface area contributed by atoms with Gasteiger partial charge in [-0.15, -0.1) is 0 Å². The van der Waals surface area contributed by atoms with E-state index < -0.39 is 0 Å². The Labute approximate surface area is 144 Å². The average Bonchev–Trinajstić information content (AvgIpc) is 2.99. The molecule has 0 spiro atoms. The minimum absolute atomic E-state index is 0.0223. The number of nitrogens with zero attached hydrogens (tertiary/aromatic N) is 2. The Hall–Kier alpha value is -2.06. The number of nitriles is 1. The summed E-state index contributed by atoms with van der Waals surface area (Å²) < 4.78 is 5.50. The second-order valence-corrected chi connectivity index (χ2v) is 6.76. The van der Waals surface area contributed by atoms with Crippen LogP contribution in [0.25, 0.3) is 0 Å². The van der Waals surface area contributed by atoms with Crippen molar-refractivity contribution in [1.29, 1.82) is 5.26 Å². The Morgan fingerprint density at radius 2 is 2.17 bits per heavy atom. The molecule has 1 saturated heterocycles. The molecular formula is C19H27N3O2. The van der Waals surface area contributed by atoms with Crippen molar-refractivity contribution in [3.05, 3.63) is 29.8 Å². The maximum absolute atomic E-state index is 12.0. The Bertz CT molecular complexity index is 563. The van der Waals surface area contributed by atoms with Gasteiger partial charge in [-0.05, 0) is 43.0 Å². The van der Waals surface area contributed by atoms with Crippen LogP contribution in [-0.2, 0) is 11.2 Å². The highest BCUT2D eigenvalue weighted by atomic mass is 16.5. The zero-order valence-corrected chi connectivity index (χ0v) is 14.6. The minimum Gasteiger partial charge on any atom is -0.484 e. The molecule has 0 aliphatic carbocycles. The Kier molecular flexibility index (Phi) is 7.07. The van der Waals surface area contributed by atoms with Gasteiger partial charge in [-0.3, -0.25) is 9.69 Å². The summed E-state index contributed by atoms with van der Waals surface area (Å²) in [6.45, 7) is 7.38. The van der Waals surface area contributed by atoms with Crippen molar-refractivity contribution < 1.29 is 9.53 Å². The first-order valence-corrected chi connectivity index (χ1v) is 8.68. The Balaban J connectivity index is 1.70.